The van der Waals surface area contributed by atoms with Gasteiger partial charge in [0.2, 0.25) is 0 Å². The van der Waals surface area contributed by atoms with Crippen molar-refractivity contribution in [1.82, 2.24) is 0 Å². The highest BCUT2D eigenvalue weighted by molar-refractivity contribution is 8.27. The molecule has 3 aromatic carbocycles. The molecular weight excluding hydrogens is 475 g/mol. The Morgan fingerprint density at radius 2 is 1.68 bits per heavy atom. The van der Waals surface area contributed by atoms with Crippen molar-refractivity contribution >= 4 is 57.6 Å². The maximum Gasteiger partial charge on any atom is 0.270 e. The van der Waals surface area contributed by atoms with E-state index >= 15 is 0 Å². The van der Waals surface area contributed by atoms with Crippen LogP contribution in [-0.4, -0.2) is 29.9 Å². The second kappa shape index (κ2) is 10.5. The third-order valence-corrected chi connectivity index (χ3v) is 6.10. The molecule has 1 fully saturated rings. The molecule has 1 aliphatic rings. The number of anilines is 2. The van der Waals surface area contributed by atoms with Crippen LogP contribution in [0.4, 0.5) is 15.8 Å². The summed E-state index contributed by atoms with van der Waals surface area (Å²) >= 11 is 6.64. The van der Waals surface area contributed by atoms with Crippen molar-refractivity contribution in [3.63, 3.8) is 0 Å². The Morgan fingerprint density at radius 1 is 1.03 bits per heavy atom. The fourth-order valence-electron chi connectivity index (χ4n) is 3.11. The number of nitrogens with zero attached hydrogens (tertiary/aromatic N) is 1. The summed E-state index contributed by atoms with van der Waals surface area (Å²) in [4.78, 5) is 26.9. The molecule has 1 saturated heterocycles. The van der Waals surface area contributed by atoms with Crippen LogP contribution in [0.2, 0.25) is 0 Å². The Balaban J connectivity index is 1.36. The predicted molar refractivity (Wildman–Crippen MR) is 136 cm³/mol. The molecule has 0 aliphatic carbocycles. The van der Waals surface area contributed by atoms with Crippen LogP contribution in [-0.2, 0) is 9.59 Å². The number of carbonyl (C=O) groups excluding carboxylic acids is 2. The fraction of sp³-hybridized carbons (Fsp3) is 0.0800. The van der Waals surface area contributed by atoms with E-state index in [9.17, 15) is 14.0 Å². The first-order chi connectivity index (χ1) is 16.4. The average molecular weight is 495 g/mol. The van der Waals surface area contributed by atoms with Gasteiger partial charge in [-0.25, -0.2) is 4.39 Å². The topological polar surface area (TPSA) is 67.9 Å². The van der Waals surface area contributed by atoms with Crippen molar-refractivity contribution in [1.29, 1.82) is 0 Å². The quantitative estimate of drug-likeness (QED) is 0.357. The van der Waals surface area contributed by atoms with Crippen molar-refractivity contribution in [2.75, 3.05) is 23.9 Å². The molecular formula is C25H19FN2O4S2. The van der Waals surface area contributed by atoms with E-state index in [1.807, 2.05) is 0 Å². The molecule has 0 saturated carbocycles. The highest BCUT2D eigenvalue weighted by Gasteiger charge is 2.33. The Morgan fingerprint density at radius 3 is 2.32 bits per heavy atom. The van der Waals surface area contributed by atoms with Gasteiger partial charge in [0.25, 0.3) is 11.8 Å². The van der Waals surface area contributed by atoms with Gasteiger partial charge in [-0.3, -0.25) is 14.5 Å². The number of thiocarbonyl (C=S) groups is 1. The van der Waals surface area contributed by atoms with Crippen molar-refractivity contribution in [3.05, 3.63) is 89.1 Å². The van der Waals surface area contributed by atoms with E-state index in [1.165, 1.54) is 40.9 Å². The van der Waals surface area contributed by atoms with Gasteiger partial charge in [-0.2, -0.15) is 0 Å². The zero-order chi connectivity index (χ0) is 24.1. The molecule has 1 aliphatic heterocycles. The number of halogens is 1. The van der Waals surface area contributed by atoms with Crippen molar-refractivity contribution in [2.45, 2.75) is 0 Å². The van der Waals surface area contributed by atoms with Crippen LogP contribution in [0, 0.1) is 5.82 Å². The SMILES string of the molecule is COc1ccc(N2C(=O)/C(=C/c3ccc(OCC(=O)Nc4ccc(F)cc4)cc3)SC2=S)cc1. The van der Waals surface area contributed by atoms with E-state index in [1.54, 1.807) is 61.7 Å². The predicted octanol–water partition coefficient (Wildman–Crippen LogP) is 5.26. The molecule has 0 spiro atoms. The number of carbonyl (C=O) groups is 2. The van der Waals surface area contributed by atoms with E-state index in [0.29, 0.717) is 32.1 Å². The number of hydrogen-bond donors (Lipinski definition) is 1. The van der Waals surface area contributed by atoms with Crippen LogP contribution in [0.3, 0.4) is 0 Å². The van der Waals surface area contributed by atoms with Gasteiger partial charge in [0, 0.05) is 5.69 Å². The van der Waals surface area contributed by atoms with Crippen LogP contribution < -0.4 is 19.7 Å². The molecule has 34 heavy (non-hydrogen) atoms. The van der Waals surface area contributed by atoms with Crippen LogP contribution in [0.5, 0.6) is 11.5 Å². The highest BCUT2D eigenvalue weighted by Crippen LogP contribution is 2.36. The molecule has 3 aromatic rings. The third kappa shape index (κ3) is 5.62. The average Bonchev–Trinajstić information content (AvgIpc) is 3.12. The van der Waals surface area contributed by atoms with Crippen molar-refractivity contribution < 1.29 is 23.5 Å². The molecule has 1 N–H and O–H groups in total. The summed E-state index contributed by atoms with van der Waals surface area (Å²) in [6.45, 7) is -0.197. The minimum absolute atomic E-state index is 0.196. The summed E-state index contributed by atoms with van der Waals surface area (Å²) in [5, 5.41) is 2.63. The summed E-state index contributed by atoms with van der Waals surface area (Å²) in [6, 6.07) is 19.6. The molecule has 6 nitrogen and oxygen atoms in total. The van der Waals surface area contributed by atoms with Gasteiger partial charge < -0.3 is 14.8 Å². The lowest BCUT2D eigenvalue weighted by molar-refractivity contribution is -0.118. The number of amides is 2. The number of rotatable bonds is 7. The summed E-state index contributed by atoms with van der Waals surface area (Å²) in [5.41, 5.74) is 1.95. The lowest BCUT2D eigenvalue weighted by atomic mass is 10.2. The van der Waals surface area contributed by atoms with Crippen LogP contribution >= 0.6 is 24.0 Å². The molecule has 172 valence electrons. The summed E-state index contributed by atoms with van der Waals surface area (Å²) in [6.07, 6.45) is 1.76. The van der Waals surface area contributed by atoms with Gasteiger partial charge in [0.05, 0.1) is 17.7 Å². The van der Waals surface area contributed by atoms with Crippen molar-refractivity contribution in [3.8, 4) is 11.5 Å². The van der Waals surface area contributed by atoms with E-state index < -0.39 is 0 Å². The van der Waals surface area contributed by atoms with E-state index in [-0.39, 0.29) is 24.2 Å². The summed E-state index contributed by atoms with van der Waals surface area (Å²) in [7, 11) is 1.58. The molecule has 0 bridgehead atoms. The molecule has 4 rings (SSSR count). The fourth-order valence-corrected chi connectivity index (χ4v) is 4.41. The van der Waals surface area contributed by atoms with Crippen LogP contribution in [0.1, 0.15) is 5.56 Å². The third-order valence-electron chi connectivity index (χ3n) is 4.80. The van der Waals surface area contributed by atoms with E-state index in [2.05, 4.69) is 5.32 Å². The second-order valence-corrected chi connectivity index (χ2v) is 8.80. The first-order valence-electron chi connectivity index (χ1n) is 10.1. The number of hydrogen-bond acceptors (Lipinski definition) is 6. The highest BCUT2D eigenvalue weighted by atomic mass is 32.2. The minimum Gasteiger partial charge on any atom is -0.497 e. The Bertz CT molecular complexity index is 1240. The molecule has 1 heterocycles. The normalized spacial score (nSPS) is 14.4. The van der Waals surface area contributed by atoms with Gasteiger partial charge in [-0.05, 0) is 72.3 Å². The van der Waals surface area contributed by atoms with Gasteiger partial charge in [-0.15, -0.1) is 0 Å². The van der Waals surface area contributed by atoms with E-state index in [4.69, 9.17) is 21.7 Å². The molecule has 0 aromatic heterocycles. The number of nitrogens with one attached hydrogen (secondary N) is 1. The number of methoxy groups -OCH3 is 1. The van der Waals surface area contributed by atoms with Crippen LogP contribution in [0.15, 0.2) is 77.7 Å². The first-order valence-corrected chi connectivity index (χ1v) is 11.4. The molecule has 9 heteroatoms. The molecule has 0 radical (unpaired) electrons. The van der Waals surface area contributed by atoms with Gasteiger partial charge in [-0.1, -0.05) is 36.1 Å². The van der Waals surface area contributed by atoms with E-state index in [0.717, 1.165) is 5.56 Å². The smallest absolute Gasteiger partial charge is 0.270 e. The number of ether oxygens (including phenoxy) is 2. The Hall–Kier alpha value is -3.69. The molecule has 0 unspecified atom stereocenters. The van der Waals surface area contributed by atoms with Gasteiger partial charge in [0.1, 0.15) is 17.3 Å². The Labute approximate surface area is 205 Å². The lowest BCUT2D eigenvalue weighted by Gasteiger charge is -2.14. The standard InChI is InChI=1S/C25H19FN2O4S2/c1-31-20-12-8-19(9-13-20)28-24(30)22(34-25(28)33)14-16-2-10-21(11-3-16)32-15-23(29)27-18-6-4-17(26)5-7-18/h2-14H,15H2,1H3,(H,27,29)/b22-14-. The molecule has 0 atom stereocenters. The zero-order valence-electron chi connectivity index (χ0n) is 18.0. The van der Waals surface area contributed by atoms with Gasteiger partial charge in [0.15, 0.2) is 10.9 Å². The first kappa shape index (κ1) is 23.5. The summed E-state index contributed by atoms with van der Waals surface area (Å²) < 4.78 is 24.1. The van der Waals surface area contributed by atoms with Crippen LogP contribution in [0.25, 0.3) is 6.08 Å². The van der Waals surface area contributed by atoms with Gasteiger partial charge >= 0.3 is 0 Å². The number of thioether (sulfide) groups is 1. The number of benzene rings is 3. The summed E-state index contributed by atoms with van der Waals surface area (Å²) in [5.74, 6) is 0.255. The monoisotopic (exact) mass is 494 g/mol. The minimum atomic E-state index is -0.378. The zero-order valence-corrected chi connectivity index (χ0v) is 19.6. The maximum absolute atomic E-state index is 12.9. The largest absolute Gasteiger partial charge is 0.497 e. The maximum atomic E-state index is 12.9. The Kier molecular flexibility index (Phi) is 7.24. The lowest BCUT2D eigenvalue weighted by Crippen LogP contribution is -2.27. The van der Waals surface area contributed by atoms with Crippen molar-refractivity contribution in [2.24, 2.45) is 0 Å². The second-order valence-electron chi connectivity index (χ2n) is 7.13. The molecule has 2 amide bonds.